The molecule has 0 aliphatic rings. The van der Waals surface area contributed by atoms with Crippen molar-refractivity contribution in [2.75, 3.05) is 0 Å². The van der Waals surface area contributed by atoms with E-state index >= 15 is 0 Å². The van der Waals surface area contributed by atoms with Crippen molar-refractivity contribution in [3.05, 3.63) is 35.4 Å². The molecule has 2 N–H and O–H groups in total. The Hall–Kier alpha value is -1.84. The molecule has 0 amide bonds. The molecule has 1 rings (SSSR count). The maximum Gasteiger partial charge on any atom is 0.317 e. The zero-order valence-corrected chi connectivity index (χ0v) is 12.2. The summed E-state index contributed by atoms with van der Waals surface area (Å²) in [5.41, 5.74) is 2.46. The highest BCUT2D eigenvalue weighted by Gasteiger charge is 2.24. The Kier molecular flexibility index (Phi) is 5.31. The van der Waals surface area contributed by atoms with E-state index in [1.54, 1.807) is 0 Å². The second-order valence-electron chi connectivity index (χ2n) is 6.07. The van der Waals surface area contributed by atoms with E-state index in [-0.39, 0.29) is 11.8 Å². The summed E-state index contributed by atoms with van der Waals surface area (Å²) in [6.07, 6.45) is 1.41. The zero-order chi connectivity index (χ0) is 15.3. The molecule has 4 nitrogen and oxygen atoms in total. The Morgan fingerprint density at radius 2 is 1.55 bits per heavy atom. The van der Waals surface area contributed by atoms with Crippen molar-refractivity contribution in [3.63, 3.8) is 0 Å². The summed E-state index contributed by atoms with van der Waals surface area (Å²) in [6.45, 7) is 6.44. The minimum atomic E-state index is -1.30. The second kappa shape index (κ2) is 6.55. The highest BCUT2D eigenvalue weighted by Crippen LogP contribution is 2.22. The number of rotatable bonds is 6. The number of aryl methyl sites for hydroxylation is 1. The van der Waals surface area contributed by atoms with Crippen LogP contribution in [0.1, 0.15) is 44.7 Å². The Balaban J connectivity index is 2.54. The average molecular weight is 278 g/mol. The van der Waals surface area contributed by atoms with Gasteiger partial charge in [-0.05, 0) is 35.8 Å². The van der Waals surface area contributed by atoms with Gasteiger partial charge in [-0.2, -0.15) is 0 Å². The van der Waals surface area contributed by atoms with Gasteiger partial charge in [-0.1, -0.05) is 45.0 Å². The minimum Gasteiger partial charge on any atom is -0.481 e. The van der Waals surface area contributed by atoms with E-state index in [2.05, 4.69) is 32.9 Å². The number of hydrogen-bond donors (Lipinski definition) is 2. The third-order valence-corrected chi connectivity index (χ3v) is 3.37. The normalized spacial score (nSPS) is 11.6. The van der Waals surface area contributed by atoms with Gasteiger partial charge in [0.05, 0.1) is 0 Å². The minimum absolute atomic E-state index is 0.107. The first-order chi connectivity index (χ1) is 9.21. The summed E-state index contributed by atoms with van der Waals surface area (Å²) < 4.78 is 0. The van der Waals surface area contributed by atoms with Gasteiger partial charge in [0.2, 0.25) is 0 Å². The fourth-order valence-corrected chi connectivity index (χ4v) is 2.03. The molecule has 0 heterocycles. The molecule has 1 aromatic carbocycles. The number of hydrogen-bond acceptors (Lipinski definition) is 2. The summed E-state index contributed by atoms with van der Waals surface area (Å²) in [6, 6.07) is 8.19. The SMILES string of the molecule is CC(C)(C)c1ccc(CCCC(C(=O)O)C(=O)O)cc1. The molecule has 0 saturated carbocycles. The van der Waals surface area contributed by atoms with Crippen LogP contribution >= 0.6 is 0 Å². The molecule has 0 aliphatic carbocycles. The van der Waals surface area contributed by atoms with E-state index in [1.165, 1.54) is 5.56 Å². The molecule has 4 heteroatoms. The first-order valence-electron chi connectivity index (χ1n) is 6.77. The third-order valence-electron chi connectivity index (χ3n) is 3.37. The highest BCUT2D eigenvalue weighted by molar-refractivity contribution is 5.92. The summed E-state index contributed by atoms with van der Waals surface area (Å²) in [5.74, 6) is -3.83. The zero-order valence-electron chi connectivity index (χ0n) is 12.2. The van der Waals surface area contributed by atoms with Crippen molar-refractivity contribution in [1.29, 1.82) is 0 Å². The molecule has 1 aromatic rings. The number of carbonyl (C=O) groups is 2. The molecule has 0 atom stereocenters. The highest BCUT2D eigenvalue weighted by atomic mass is 16.4. The van der Waals surface area contributed by atoms with Crippen LogP contribution in [0.5, 0.6) is 0 Å². The van der Waals surface area contributed by atoms with E-state index in [4.69, 9.17) is 10.2 Å². The number of benzene rings is 1. The largest absolute Gasteiger partial charge is 0.481 e. The smallest absolute Gasteiger partial charge is 0.317 e. The number of carboxylic acid groups (broad SMARTS) is 2. The molecule has 20 heavy (non-hydrogen) atoms. The van der Waals surface area contributed by atoms with Crippen molar-refractivity contribution < 1.29 is 19.8 Å². The lowest BCUT2D eigenvalue weighted by Crippen LogP contribution is -2.23. The van der Waals surface area contributed by atoms with Crippen LogP contribution in [0.15, 0.2) is 24.3 Å². The summed E-state index contributed by atoms with van der Waals surface area (Å²) in [5, 5.41) is 17.6. The standard InChI is InChI=1S/C16H22O4/c1-16(2,3)12-9-7-11(8-10-12)5-4-6-13(14(17)18)15(19)20/h7-10,13H,4-6H2,1-3H3,(H,17,18)(H,19,20). The molecule has 0 saturated heterocycles. The van der Waals surface area contributed by atoms with E-state index in [9.17, 15) is 9.59 Å². The fourth-order valence-electron chi connectivity index (χ4n) is 2.03. The lowest BCUT2D eigenvalue weighted by Gasteiger charge is -2.19. The quantitative estimate of drug-likeness (QED) is 0.784. The van der Waals surface area contributed by atoms with Gasteiger partial charge >= 0.3 is 11.9 Å². The summed E-state index contributed by atoms with van der Waals surface area (Å²) in [4.78, 5) is 21.5. The van der Waals surface area contributed by atoms with E-state index in [0.29, 0.717) is 12.8 Å². The third kappa shape index (κ3) is 4.68. The van der Waals surface area contributed by atoms with Gasteiger partial charge in [0.15, 0.2) is 5.92 Å². The topological polar surface area (TPSA) is 74.6 Å². The van der Waals surface area contributed by atoms with Crippen LogP contribution in [0.25, 0.3) is 0 Å². The van der Waals surface area contributed by atoms with Gasteiger partial charge in [0.1, 0.15) is 0 Å². The van der Waals surface area contributed by atoms with Crippen LogP contribution in [0.2, 0.25) is 0 Å². The van der Waals surface area contributed by atoms with Crippen LogP contribution in [0.3, 0.4) is 0 Å². The summed E-state index contributed by atoms with van der Waals surface area (Å²) >= 11 is 0. The average Bonchev–Trinajstić information content (AvgIpc) is 2.33. The maximum atomic E-state index is 10.8. The second-order valence-corrected chi connectivity index (χ2v) is 6.07. The van der Waals surface area contributed by atoms with Crippen molar-refractivity contribution in [1.82, 2.24) is 0 Å². The number of aliphatic carboxylic acids is 2. The van der Waals surface area contributed by atoms with Gasteiger partial charge in [0.25, 0.3) is 0 Å². The van der Waals surface area contributed by atoms with Crippen LogP contribution < -0.4 is 0 Å². The van der Waals surface area contributed by atoms with Gasteiger partial charge < -0.3 is 10.2 Å². The lowest BCUT2D eigenvalue weighted by molar-refractivity contribution is -0.154. The molecular formula is C16H22O4. The Morgan fingerprint density at radius 3 is 1.95 bits per heavy atom. The first kappa shape index (κ1) is 16.2. The molecule has 0 unspecified atom stereocenters. The van der Waals surface area contributed by atoms with Crippen LogP contribution in [0.4, 0.5) is 0 Å². The molecule has 0 fully saturated rings. The number of carboxylic acids is 2. The maximum absolute atomic E-state index is 10.8. The molecule has 0 radical (unpaired) electrons. The van der Waals surface area contributed by atoms with Crippen molar-refractivity contribution >= 4 is 11.9 Å². The lowest BCUT2D eigenvalue weighted by atomic mass is 9.86. The van der Waals surface area contributed by atoms with Gasteiger partial charge in [-0.15, -0.1) is 0 Å². The van der Waals surface area contributed by atoms with Crippen LogP contribution in [-0.4, -0.2) is 22.2 Å². The molecule has 0 bridgehead atoms. The predicted molar refractivity (Wildman–Crippen MR) is 76.8 cm³/mol. The van der Waals surface area contributed by atoms with Crippen LogP contribution in [-0.2, 0) is 21.4 Å². The van der Waals surface area contributed by atoms with Crippen molar-refractivity contribution in [2.45, 2.75) is 45.4 Å². The van der Waals surface area contributed by atoms with Gasteiger partial charge in [-0.3, -0.25) is 9.59 Å². The molecule has 0 aromatic heterocycles. The molecular weight excluding hydrogens is 256 g/mol. The Morgan fingerprint density at radius 1 is 1.05 bits per heavy atom. The van der Waals surface area contributed by atoms with E-state index in [1.807, 2.05) is 12.1 Å². The molecule has 0 aliphatic heterocycles. The van der Waals surface area contributed by atoms with E-state index in [0.717, 1.165) is 5.56 Å². The fraction of sp³-hybridized carbons (Fsp3) is 0.500. The predicted octanol–water partition coefficient (Wildman–Crippen LogP) is 3.09. The monoisotopic (exact) mass is 278 g/mol. The Bertz CT molecular complexity index is 454. The van der Waals surface area contributed by atoms with Crippen LogP contribution in [0, 0.1) is 5.92 Å². The Labute approximate surface area is 119 Å². The molecule has 110 valence electrons. The van der Waals surface area contributed by atoms with E-state index < -0.39 is 17.9 Å². The first-order valence-corrected chi connectivity index (χ1v) is 6.77. The van der Waals surface area contributed by atoms with Gasteiger partial charge in [0, 0.05) is 0 Å². The van der Waals surface area contributed by atoms with Gasteiger partial charge in [-0.25, -0.2) is 0 Å². The van der Waals surface area contributed by atoms with Crippen molar-refractivity contribution in [2.24, 2.45) is 5.92 Å². The molecule has 0 spiro atoms. The van der Waals surface area contributed by atoms with Crippen molar-refractivity contribution in [3.8, 4) is 0 Å². The summed E-state index contributed by atoms with van der Waals surface area (Å²) in [7, 11) is 0.